The van der Waals surface area contributed by atoms with Crippen molar-refractivity contribution in [2.75, 3.05) is 19.6 Å². The molecule has 2 N–H and O–H groups in total. The SMILES string of the molecule is CC[C@H](CNC(=O)NCc1nncn1-c1ccccc1)N1CCCC1. The summed E-state index contributed by atoms with van der Waals surface area (Å²) in [5.41, 5.74) is 0.977. The summed E-state index contributed by atoms with van der Waals surface area (Å²) in [7, 11) is 0. The van der Waals surface area contributed by atoms with Gasteiger partial charge in [0.25, 0.3) is 0 Å². The molecule has 7 heteroatoms. The van der Waals surface area contributed by atoms with E-state index < -0.39 is 0 Å². The van der Waals surface area contributed by atoms with Crippen molar-refractivity contribution >= 4 is 6.03 Å². The molecule has 7 nitrogen and oxygen atoms in total. The second kappa shape index (κ2) is 8.62. The van der Waals surface area contributed by atoms with Crippen LogP contribution < -0.4 is 10.6 Å². The highest BCUT2D eigenvalue weighted by Gasteiger charge is 2.20. The van der Waals surface area contributed by atoms with Crippen molar-refractivity contribution in [3.63, 3.8) is 0 Å². The number of benzene rings is 1. The van der Waals surface area contributed by atoms with E-state index in [9.17, 15) is 4.79 Å². The van der Waals surface area contributed by atoms with Gasteiger partial charge in [0.1, 0.15) is 6.33 Å². The molecule has 3 rings (SSSR count). The average molecular weight is 342 g/mol. The summed E-state index contributed by atoms with van der Waals surface area (Å²) in [6.07, 6.45) is 5.23. The maximum absolute atomic E-state index is 12.1. The molecular formula is C18H26N6O. The Hall–Kier alpha value is -2.41. The van der Waals surface area contributed by atoms with Crippen molar-refractivity contribution in [1.29, 1.82) is 0 Å². The van der Waals surface area contributed by atoms with Crippen LogP contribution in [-0.4, -0.2) is 51.4 Å². The van der Waals surface area contributed by atoms with Gasteiger partial charge in [-0.05, 0) is 44.5 Å². The van der Waals surface area contributed by atoms with Crippen molar-refractivity contribution < 1.29 is 4.79 Å². The van der Waals surface area contributed by atoms with Gasteiger partial charge in [-0.25, -0.2) is 4.79 Å². The van der Waals surface area contributed by atoms with E-state index in [1.807, 2.05) is 34.9 Å². The van der Waals surface area contributed by atoms with Gasteiger partial charge in [0.05, 0.1) is 6.54 Å². The predicted octanol–water partition coefficient (Wildman–Crippen LogP) is 1.94. The normalized spacial score (nSPS) is 15.9. The minimum Gasteiger partial charge on any atom is -0.337 e. The Kier molecular flexibility index (Phi) is 6.00. The van der Waals surface area contributed by atoms with Gasteiger partial charge in [0.15, 0.2) is 5.82 Å². The Morgan fingerprint density at radius 1 is 1.20 bits per heavy atom. The standard InChI is InChI=1S/C18H26N6O/c1-2-15(23-10-6-7-11-23)12-19-18(25)20-13-17-22-21-14-24(17)16-8-4-3-5-9-16/h3-5,8-9,14-15H,2,6-7,10-13H2,1H3,(H2,19,20,25)/t15-/m1/s1. The van der Waals surface area contributed by atoms with Crippen LogP contribution in [0.1, 0.15) is 32.0 Å². The van der Waals surface area contributed by atoms with E-state index in [4.69, 9.17) is 0 Å². The third-order valence-electron chi connectivity index (χ3n) is 4.69. The lowest BCUT2D eigenvalue weighted by Gasteiger charge is -2.26. The van der Waals surface area contributed by atoms with Crippen LogP contribution in [0.2, 0.25) is 0 Å². The molecule has 1 aliphatic rings. The van der Waals surface area contributed by atoms with Crippen LogP contribution in [0.15, 0.2) is 36.7 Å². The third kappa shape index (κ3) is 4.57. The zero-order valence-electron chi connectivity index (χ0n) is 14.7. The fourth-order valence-corrected chi connectivity index (χ4v) is 3.25. The molecule has 1 aromatic carbocycles. The van der Waals surface area contributed by atoms with Crippen molar-refractivity contribution in [3.8, 4) is 5.69 Å². The number of para-hydroxylation sites is 1. The van der Waals surface area contributed by atoms with Crippen LogP contribution in [0.4, 0.5) is 4.79 Å². The number of carbonyl (C=O) groups excluding carboxylic acids is 1. The van der Waals surface area contributed by atoms with E-state index in [2.05, 4.69) is 32.7 Å². The highest BCUT2D eigenvalue weighted by molar-refractivity contribution is 5.73. The minimum atomic E-state index is -0.166. The smallest absolute Gasteiger partial charge is 0.315 e. The summed E-state index contributed by atoms with van der Waals surface area (Å²) in [6.45, 7) is 5.46. The number of hydrogen-bond acceptors (Lipinski definition) is 4. The van der Waals surface area contributed by atoms with E-state index in [1.165, 1.54) is 12.8 Å². The topological polar surface area (TPSA) is 75.1 Å². The number of amides is 2. The summed E-state index contributed by atoms with van der Waals surface area (Å²) in [5, 5.41) is 13.9. The number of nitrogens with zero attached hydrogens (tertiary/aromatic N) is 4. The Labute approximate surface area is 148 Å². The molecule has 2 heterocycles. The van der Waals surface area contributed by atoms with E-state index in [1.54, 1.807) is 6.33 Å². The molecule has 0 spiro atoms. The number of aromatic nitrogens is 3. The molecule has 25 heavy (non-hydrogen) atoms. The molecule has 0 radical (unpaired) electrons. The predicted molar refractivity (Wildman–Crippen MR) is 96.5 cm³/mol. The number of likely N-dealkylation sites (tertiary alicyclic amines) is 1. The molecule has 1 aliphatic heterocycles. The van der Waals surface area contributed by atoms with Crippen molar-refractivity contribution in [2.45, 2.75) is 38.8 Å². The Morgan fingerprint density at radius 3 is 2.68 bits per heavy atom. The van der Waals surface area contributed by atoms with Crippen LogP contribution in [0.25, 0.3) is 5.69 Å². The Bertz CT molecular complexity index is 665. The quantitative estimate of drug-likeness (QED) is 0.806. The summed E-state index contributed by atoms with van der Waals surface area (Å²) >= 11 is 0. The molecule has 1 saturated heterocycles. The zero-order valence-corrected chi connectivity index (χ0v) is 14.7. The minimum absolute atomic E-state index is 0.166. The van der Waals surface area contributed by atoms with Gasteiger partial charge in [-0.15, -0.1) is 10.2 Å². The Balaban J connectivity index is 1.49. The highest BCUT2D eigenvalue weighted by Crippen LogP contribution is 2.13. The van der Waals surface area contributed by atoms with Crippen molar-refractivity contribution in [1.82, 2.24) is 30.3 Å². The van der Waals surface area contributed by atoms with Gasteiger partial charge < -0.3 is 10.6 Å². The van der Waals surface area contributed by atoms with Gasteiger partial charge in [0, 0.05) is 18.3 Å². The van der Waals surface area contributed by atoms with Crippen LogP contribution >= 0.6 is 0 Å². The first kappa shape index (κ1) is 17.4. The molecule has 1 atom stereocenters. The third-order valence-corrected chi connectivity index (χ3v) is 4.69. The number of hydrogen-bond donors (Lipinski definition) is 2. The molecule has 1 aromatic heterocycles. The number of nitrogens with one attached hydrogen (secondary N) is 2. The summed E-state index contributed by atoms with van der Waals surface area (Å²) < 4.78 is 1.87. The van der Waals surface area contributed by atoms with Crippen LogP contribution in [-0.2, 0) is 6.54 Å². The van der Waals surface area contributed by atoms with Crippen molar-refractivity contribution in [3.05, 3.63) is 42.5 Å². The lowest BCUT2D eigenvalue weighted by molar-refractivity contribution is 0.216. The molecule has 0 aliphatic carbocycles. The number of urea groups is 1. The monoisotopic (exact) mass is 342 g/mol. The van der Waals surface area contributed by atoms with E-state index in [0.29, 0.717) is 25.0 Å². The number of carbonyl (C=O) groups is 1. The molecule has 1 fully saturated rings. The van der Waals surface area contributed by atoms with Gasteiger partial charge in [0.2, 0.25) is 0 Å². The average Bonchev–Trinajstić information content (AvgIpc) is 3.33. The van der Waals surface area contributed by atoms with Crippen LogP contribution in [0.5, 0.6) is 0 Å². The van der Waals surface area contributed by atoms with Crippen LogP contribution in [0.3, 0.4) is 0 Å². The maximum atomic E-state index is 12.1. The summed E-state index contributed by atoms with van der Waals surface area (Å²) in [6, 6.07) is 10.1. The van der Waals surface area contributed by atoms with Gasteiger partial charge in [-0.1, -0.05) is 25.1 Å². The lowest BCUT2D eigenvalue weighted by Crippen LogP contribution is -2.45. The first-order valence-corrected chi connectivity index (χ1v) is 8.98. The van der Waals surface area contributed by atoms with Crippen LogP contribution in [0, 0.1) is 0 Å². The lowest BCUT2D eigenvalue weighted by atomic mass is 10.2. The fraction of sp³-hybridized carbons (Fsp3) is 0.500. The van der Waals surface area contributed by atoms with E-state index >= 15 is 0 Å². The van der Waals surface area contributed by atoms with E-state index in [0.717, 1.165) is 25.2 Å². The van der Waals surface area contributed by atoms with Gasteiger partial charge in [-0.2, -0.15) is 0 Å². The molecule has 134 valence electrons. The molecule has 0 unspecified atom stereocenters. The van der Waals surface area contributed by atoms with Gasteiger partial charge >= 0.3 is 6.03 Å². The molecule has 2 aromatic rings. The largest absolute Gasteiger partial charge is 0.337 e. The second-order valence-electron chi connectivity index (χ2n) is 6.32. The Morgan fingerprint density at radius 2 is 1.96 bits per heavy atom. The van der Waals surface area contributed by atoms with E-state index in [-0.39, 0.29) is 6.03 Å². The highest BCUT2D eigenvalue weighted by atomic mass is 16.2. The number of rotatable bonds is 7. The van der Waals surface area contributed by atoms with Gasteiger partial charge in [-0.3, -0.25) is 9.47 Å². The maximum Gasteiger partial charge on any atom is 0.315 e. The second-order valence-corrected chi connectivity index (χ2v) is 6.32. The molecule has 0 bridgehead atoms. The summed E-state index contributed by atoms with van der Waals surface area (Å²) in [5.74, 6) is 0.702. The first-order valence-electron chi connectivity index (χ1n) is 8.98. The first-order chi connectivity index (χ1) is 12.3. The summed E-state index contributed by atoms with van der Waals surface area (Å²) in [4.78, 5) is 14.6. The molecule has 0 saturated carbocycles. The zero-order chi connectivity index (χ0) is 17.5. The molecule has 2 amide bonds. The molecular weight excluding hydrogens is 316 g/mol. The fourth-order valence-electron chi connectivity index (χ4n) is 3.25. The van der Waals surface area contributed by atoms with Crippen molar-refractivity contribution in [2.24, 2.45) is 0 Å².